The van der Waals surface area contributed by atoms with Crippen molar-refractivity contribution < 1.29 is 14.3 Å². The van der Waals surface area contributed by atoms with E-state index in [-0.39, 0.29) is 18.5 Å². The van der Waals surface area contributed by atoms with Gasteiger partial charge < -0.3 is 26.7 Å². The molecular weight excluding hydrogens is 262 g/mol. The van der Waals surface area contributed by atoms with Crippen LogP contribution in [0.3, 0.4) is 0 Å². The van der Waals surface area contributed by atoms with Crippen molar-refractivity contribution in [3.63, 3.8) is 0 Å². The Morgan fingerprint density at radius 2 is 1.80 bits per heavy atom. The van der Waals surface area contributed by atoms with E-state index in [4.69, 9.17) is 26.7 Å². The predicted molar refractivity (Wildman–Crippen MR) is 75.7 cm³/mol. The zero-order valence-electron chi connectivity index (χ0n) is 11.1. The number of carbonyl (C=O) groups is 1. The number of guanidine groups is 2. The van der Waals surface area contributed by atoms with Crippen molar-refractivity contribution in [2.75, 3.05) is 20.3 Å². The smallest absolute Gasteiger partial charge is 0.338 e. The maximum Gasteiger partial charge on any atom is 0.338 e. The molecule has 6 N–H and O–H groups in total. The van der Waals surface area contributed by atoms with Crippen LogP contribution in [-0.4, -0.2) is 38.2 Å². The fourth-order valence-corrected chi connectivity index (χ4v) is 1.26. The first kappa shape index (κ1) is 15.4. The standard InChI is InChI=1S/C12H17N5O3/c1-19-6-7-20-10(18)8-2-4-9(5-3-8)16-12(15)17-11(13)14/h2-5H,6-7H2,1H3,(H6,13,14,15,16,17). The van der Waals surface area contributed by atoms with Crippen LogP contribution in [0, 0.1) is 0 Å². The number of ether oxygens (including phenoxy) is 2. The van der Waals surface area contributed by atoms with E-state index in [1.54, 1.807) is 24.3 Å². The molecule has 0 unspecified atom stereocenters. The van der Waals surface area contributed by atoms with Crippen molar-refractivity contribution in [3.05, 3.63) is 29.8 Å². The summed E-state index contributed by atoms with van der Waals surface area (Å²) in [6, 6.07) is 6.33. The molecule has 108 valence electrons. The largest absolute Gasteiger partial charge is 0.460 e. The van der Waals surface area contributed by atoms with Gasteiger partial charge in [-0.05, 0) is 24.3 Å². The average molecular weight is 279 g/mol. The van der Waals surface area contributed by atoms with E-state index in [1.807, 2.05) is 0 Å². The topological polar surface area (TPSA) is 138 Å². The summed E-state index contributed by atoms with van der Waals surface area (Å²) >= 11 is 0. The first-order valence-corrected chi connectivity index (χ1v) is 5.73. The zero-order valence-corrected chi connectivity index (χ0v) is 11.1. The number of carbonyl (C=O) groups excluding carboxylic acids is 1. The Morgan fingerprint density at radius 1 is 1.15 bits per heavy atom. The first-order chi connectivity index (χ1) is 9.52. The molecule has 0 fully saturated rings. The Labute approximate surface area is 116 Å². The van der Waals surface area contributed by atoms with E-state index in [9.17, 15) is 4.79 Å². The summed E-state index contributed by atoms with van der Waals surface area (Å²) in [5.41, 5.74) is 16.7. The van der Waals surface area contributed by atoms with Gasteiger partial charge in [-0.15, -0.1) is 0 Å². The van der Waals surface area contributed by atoms with Crippen LogP contribution in [0.2, 0.25) is 0 Å². The minimum absolute atomic E-state index is 0.0691. The van der Waals surface area contributed by atoms with Crippen LogP contribution in [0.1, 0.15) is 10.4 Å². The van der Waals surface area contributed by atoms with Gasteiger partial charge in [0.15, 0.2) is 5.96 Å². The third-order valence-corrected chi connectivity index (χ3v) is 2.11. The Morgan fingerprint density at radius 3 is 2.35 bits per heavy atom. The number of benzene rings is 1. The highest BCUT2D eigenvalue weighted by Crippen LogP contribution is 2.13. The fourth-order valence-electron chi connectivity index (χ4n) is 1.26. The highest BCUT2D eigenvalue weighted by atomic mass is 16.6. The fraction of sp³-hybridized carbons (Fsp3) is 0.250. The van der Waals surface area contributed by atoms with Crippen molar-refractivity contribution in [1.29, 1.82) is 0 Å². The summed E-state index contributed by atoms with van der Waals surface area (Å²) in [6.07, 6.45) is 0. The molecule has 8 heteroatoms. The van der Waals surface area contributed by atoms with Crippen molar-refractivity contribution in [1.82, 2.24) is 0 Å². The molecule has 1 rings (SSSR count). The number of esters is 1. The number of nitrogens with zero attached hydrogens (tertiary/aromatic N) is 2. The minimum Gasteiger partial charge on any atom is -0.460 e. The molecule has 0 aliphatic rings. The molecule has 8 nitrogen and oxygen atoms in total. The minimum atomic E-state index is -0.435. The van der Waals surface area contributed by atoms with Crippen LogP contribution in [0.25, 0.3) is 0 Å². The van der Waals surface area contributed by atoms with Gasteiger partial charge in [0.2, 0.25) is 5.96 Å². The Bertz CT molecular complexity index is 506. The van der Waals surface area contributed by atoms with Crippen LogP contribution in [0.4, 0.5) is 5.69 Å². The van der Waals surface area contributed by atoms with Crippen LogP contribution < -0.4 is 17.2 Å². The molecule has 20 heavy (non-hydrogen) atoms. The van der Waals surface area contributed by atoms with Gasteiger partial charge in [-0.2, -0.15) is 4.99 Å². The third-order valence-electron chi connectivity index (χ3n) is 2.11. The average Bonchev–Trinajstić information content (AvgIpc) is 2.38. The van der Waals surface area contributed by atoms with E-state index in [0.717, 1.165) is 0 Å². The second kappa shape index (κ2) is 7.74. The summed E-state index contributed by atoms with van der Waals surface area (Å²) in [5, 5.41) is 0. The number of rotatable bonds is 5. The molecular formula is C12H17N5O3. The maximum absolute atomic E-state index is 11.6. The van der Waals surface area contributed by atoms with E-state index >= 15 is 0 Å². The molecule has 1 aromatic carbocycles. The van der Waals surface area contributed by atoms with Gasteiger partial charge in [0.25, 0.3) is 0 Å². The van der Waals surface area contributed by atoms with Gasteiger partial charge in [0, 0.05) is 7.11 Å². The lowest BCUT2D eigenvalue weighted by molar-refractivity contribution is 0.0388. The molecule has 0 aliphatic heterocycles. The highest BCUT2D eigenvalue weighted by Gasteiger charge is 2.06. The molecule has 0 heterocycles. The first-order valence-electron chi connectivity index (χ1n) is 5.73. The normalized spacial score (nSPS) is 10.9. The zero-order chi connectivity index (χ0) is 15.0. The quantitative estimate of drug-likeness (QED) is 0.293. The van der Waals surface area contributed by atoms with Gasteiger partial charge in [-0.1, -0.05) is 0 Å². The predicted octanol–water partition coefficient (Wildman–Crippen LogP) is -0.291. The van der Waals surface area contributed by atoms with Gasteiger partial charge in [0.05, 0.1) is 17.9 Å². The highest BCUT2D eigenvalue weighted by molar-refractivity contribution is 5.94. The summed E-state index contributed by atoms with van der Waals surface area (Å²) in [7, 11) is 1.53. The molecule has 1 aromatic rings. The number of hydrogen-bond acceptors (Lipinski definition) is 4. The second-order valence-electron chi connectivity index (χ2n) is 3.68. The van der Waals surface area contributed by atoms with Crippen LogP contribution in [0.5, 0.6) is 0 Å². The number of nitrogens with two attached hydrogens (primary N) is 3. The van der Waals surface area contributed by atoms with Gasteiger partial charge in [0.1, 0.15) is 6.61 Å². The van der Waals surface area contributed by atoms with Crippen molar-refractivity contribution >= 4 is 23.6 Å². The Kier molecular flexibility index (Phi) is 5.98. The number of aliphatic imine (C=N–C) groups is 2. The van der Waals surface area contributed by atoms with Gasteiger partial charge in [-0.3, -0.25) is 0 Å². The maximum atomic E-state index is 11.6. The van der Waals surface area contributed by atoms with Crippen molar-refractivity contribution in [2.45, 2.75) is 0 Å². The van der Waals surface area contributed by atoms with Crippen LogP contribution >= 0.6 is 0 Å². The van der Waals surface area contributed by atoms with Crippen LogP contribution in [0.15, 0.2) is 34.3 Å². The summed E-state index contributed by atoms with van der Waals surface area (Å²) in [6.45, 7) is 0.551. The lowest BCUT2D eigenvalue weighted by Crippen LogP contribution is -2.26. The molecule has 0 bridgehead atoms. The molecule has 0 saturated carbocycles. The molecule has 0 amide bonds. The Balaban J connectivity index is 2.69. The summed E-state index contributed by atoms with van der Waals surface area (Å²) < 4.78 is 9.74. The van der Waals surface area contributed by atoms with E-state index < -0.39 is 5.97 Å². The molecule has 0 radical (unpaired) electrons. The molecule has 0 spiro atoms. The SMILES string of the molecule is COCCOC(=O)c1ccc(N=C(N)N=C(N)N)cc1. The third kappa shape index (κ3) is 5.36. The lowest BCUT2D eigenvalue weighted by atomic mass is 10.2. The molecule has 0 aromatic heterocycles. The Hall–Kier alpha value is -2.61. The van der Waals surface area contributed by atoms with E-state index in [1.165, 1.54) is 7.11 Å². The van der Waals surface area contributed by atoms with Gasteiger partial charge in [-0.25, -0.2) is 9.79 Å². The van der Waals surface area contributed by atoms with E-state index in [0.29, 0.717) is 17.9 Å². The van der Waals surface area contributed by atoms with E-state index in [2.05, 4.69) is 9.98 Å². The van der Waals surface area contributed by atoms with Crippen molar-refractivity contribution in [2.24, 2.45) is 27.2 Å². The molecule has 0 atom stereocenters. The summed E-state index contributed by atoms with van der Waals surface area (Å²) in [5.74, 6) is -0.681. The van der Waals surface area contributed by atoms with Crippen molar-refractivity contribution in [3.8, 4) is 0 Å². The second-order valence-corrected chi connectivity index (χ2v) is 3.68. The number of methoxy groups -OCH3 is 1. The lowest BCUT2D eigenvalue weighted by Gasteiger charge is -2.04. The van der Waals surface area contributed by atoms with Gasteiger partial charge >= 0.3 is 5.97 Å². The molecule has 0 aliphatic carbocycles. The number of hydrogen-bond donors (Lipinski definition) is 3. The molecule has 0 saturated heterocycles. The monoisotopic (exact) mass is 279 g/mol. The summed E-state index contributed by atoms with van der Waals surface area (Å²) in [4.78, 5) is 19.1. The van der Waals surface area contributed by atoms with Crippen LogP contribution in [-0.2, 0) is 9.47 Å².